The van der Waals surface area contributed by atoms with Crippen LogP contribution in [0.5, 0.6) is 0 Å². The molecule has 23 heavy (non-hydrogen) atoms. The van der Waals surface area contributed by atoms with Crippen LogP contribution in [0.4, 0.5) is 0 Å². The molecule has 3 heteroatoms. The predicted octanol–water partition coefficient (Wildman–Crippen LogP) is 3.47. The number of carbonyl (C=O) groups is 1. The van der Waals surface area contributed by atoms with Gasteiger partial charge in [0, 0.05) is 39.1 Å². The third kappa shape index (κ3) is 4.68. The minimum Gasteiger partial charge on any atom is -0.342 e. The number of hydrogen-bond acceptors (Lipinski definition) is 2. The van der Waals surface area contributed by atoms with Crippen molar-refractivity contribution in [3.63, 3.8) is 0 Å². The summed E-state index contributed by atoms with van der Waals surface area (Å²) in [5, 5.41) is 0. The average molecular weight is 312 g/mol. The van der Waals surface area contributed by atoms with Gasteiger partial charge in [-0.3, -0.25) is 9.69 Å². The number of amides is 1. The van der Waals surface area contributed by atoms with Gasteiger partial charge in [-0.05, 0) is 30.7 Å². The van der Waals surface area contributed by atoms with E-state index in [9.17, 15) is 4.79 Å². The Kier molecular flexibility index (Phi) is 5.50. The van der Waals surface area contributed by atoms with E-state index >= 15 is 0 Å². The maximum absolute atomic E-state index is 12.4. The third-order valence-corrected chi connectivity index (χ3v) is 5.15. The summed E-state index contributed by atoms with van der Waals surface area (Å²) in [6.45, 7) is 7.22. The molecule has 0 atom stereocenters. The van der Waals surface area contributed by atoms with Crippen LogP contribution >= 0.6 is 0 Å². The van der Waals surface area contributed by atoms with Gasteiger partial charge in [-0.15, -0.1) is 0 Å². The van der Waals surface area contributed by atoms with Gasteiger partial charge in [0.15, 0.2) is 0 Å². The van der Waals surface area contributed by atoms with Gasteiger partial charge in [-0.25, -0.2) is 0 Å². The molecular formula is C20H28N2O. The van der Waals surface area contributed by atoms with Crippen LogP contribution in [0.25, 0.3) is 0 Å². The molecule has 0 spiro atoms. The van der Waals surface area contributed by atoms with Crippen molar-refractivity contribution in [1.29, 1.82) is 0 Å². The molecule has 0 radical (unpaired) electrons. The molecule has 1 amide bonds. The summed E-state index contributed by atoms with van der Waals surface area (Å²) in [6, 6.07) is 10.6. The predicted molar refractivity (Wildman–Crippen MR) is 94.0 cm³/mol. The highest BCUT2D eigenvalue weighted by atomic mass is 16.2. The van der Waals surface area contributed by atoms with Gasteiger partial charge in [0.05, 0.1) is 0 Å². The molecular weight excluding hydrogens is 284 g/mol. The highest BCUT2D eigenvalue weighted by Gasteiger charge is 2.22. The zero-order valence-corrected chi connectivity index (χ0v) is 14.2. The lowest BCUT2D eigenvalue weighted by molar-refractivity contribution is -0.131. The molecule has 0 aromatic heterocycles. The molecule has 124 valence electrons. The summed E-state index contributed by atoms with van der Waals surface area (Å²) in [5.74, 6) is 1.11. The fourth-order valence-electron chi connectivity index (χ4n) is 3.46. The van der Waals surface area contributed by atoms with Crippen LogP contribution in [-0.4, -0.2) is 41.9 Å². The summed E-state index contributed by atoms with van der Waals surface area (Å²) < 4.78 is 0. The first-order valence-electron chi connectivity index (χ1n) is 8.92. The lowest BCUT2D eigenvalue weighted by Gasteiger charge is -2.31. The molecule has 2 heterocycles. The first kappa shape index (κ1) is 16.3. The van der Waals surface area contributed by atoms with Crippen molar-refractivity contribution in [1.82, 2.24) is 9.80 Å². The molecule has 1 fully saturated rings. The summed E-state index contributed by atoms with van der Waals surface area (Å²) >= 11 is 0. The Hall–Kier alpha value is -1.61. The molecule has 0 saturated carbocycles. The Balaban J connectivity index is 1.46. The molecule has 0 unspecified atom stereocenters. The van der Waals surface area contributed by atoms with E-state index in [0.29, 0.717) is 12.3 Å². The molecule has 0 aliphatic carbocycles. The van der Waals surface area contributed by atoms with Crippen molar-refractivity contribution in [2.24, 2.45) is 5.92 Å². The first-order valence-corrected chi connectivity index (χ1v) is 8.92. The summed E-state index contributed by atoms with van der Waals surface area (Å²) in [7, 11) is 0. The van der Waals surface area contributed by atoms with Gasteiger partial charge < -0.3 is 4.90 Å². The fraction of sp³-hybridized carbons (Fsp3) is 0.550. The number of nitrogens with zero attached hydrogens (tertiary/aromatic N) is 2. The molecule has 2 aliphatic heterocycles. The zero-order chi connectivity index (χ0) is 16.1. The quantitative estimate of drug-likeness (QED) is 0.795. The van der Waals surface area contributed by atoms with Crippen LogP contribution in [0.15, 0.2) is 42.0 Å². The normalized spacial score (nSPS) is 20.4. The molecule has 0 bridgehead atoms. The average Bonchev–Trinajstić information content (AvgIpc) is 2.58. The molecule has 1 aromatic carbocycles. The monoisotopic (exact) mass is 312 g/mol. The maximum atomic E-state index is 12.4. The maximum Gasteiger partial charge on any atom is 0.226 e. The smallest absolute Gasteiger partial charge is 0.226 e. The second-order valence-electron chi connectivity index (χ2n) is 7.07. The van der Waals surface area contributed by atoms with E-state index in [1.165, 1.54) is 11.1 Å². The molecule has 3 rings (SSSR count). The van der Waals surface area contributed by atoms with E-state index in [4.69, 9.17) is 0 Å². The molecule has 2 aliphatic rings. The van der Waals surface area contributed by atoms with Crippen LogP contribution in [0.2, 0.25) is 0 Å². The third-order valence-electron chi connectivity index (χ3n) is 5.15. The Morgan fingerprint density at radius 1 is 1.13 bits per heavy atom. The SMILES string of the molecule is CC1CCN(C(=O)CC2=CCN(Cc3ccccc3)CC2)CC1. The number of carbonyl (C=O) groups excluding carboxylic acids is 1. The molecule has 0 N–H and O–H groups in total. The second-order valence-corrected chi connectivity index (χ2v) is 7.07. The van der Waals surface area contributed by atoms with Crippen LogP contribution in [0, 0.1) is 5.92 Å². The number of benzene rings is 1. The Morgan fingerprint density at radius 2 is 1.87 bits per heavy atom. The van der Waals surface area contributed by atoms with E-state index in [2.05, 4.69) is 53.1 Å². The zero-order valence-electron chi connectivity index (χ0n) is 14.2. The Labute approximate surface area is 140 Å². The standard InChI is InChI=1S/C20H28N2O/c1-17-7-13-22(14-8-17)20(23)15-18-9-11-21(12-10-18)16-19-5-3-2-4-6-19/h2-6,9,17H,7-8,10-16H2,1H3. The van der Waals surface area contributed by atoms with Gasteiger partial charge >= 0.3 is 0 Å². The van der Waals surface area contributed by atoms with Crippen molar-refractivity contribution in [3.05, 3.63) is 47.5 Å². The van der Waals surface area contributed by atoms with Crippen molar-refractivity contribution in [2.75, 3.05) is 26.2 Å². The number of likely N-dealkylation sites (tertiary alicyclic amines) is 1. The second kappa shape index (κ2) is 7.78. The number of piperidine rings is 1. The van der Waals surface area contributed by atoms with E-state index in [1.54, 1.807) is 0 Å². The summed E-state index contributed by atoms with van der Waals surface area (Å²) in [6.07, 6.45) is 6.26. The van der Waals surface area contributed by atoms with Gasteiger partial charge in [-0.2, -0.15) is 0 Å². The number of rotatable bonds is 4. The Bertz CT molecular complexity index is 544. The van der Waals surface area contributed by atoms with E-state index in [1.807, 2.05) is 0 Å². The topological polar surface area (TPSA) is 23.6 Å². The molecule has 3 nitrogen and oxygen atoms in total. The van der Waals surface area contributed by atoms with E-state index in [0.717, 1.165) is 57.9 Å². The minimum atomic E-state index is 0.333. The van der Waals surface area contributed by atoms with Crippen molar-refractivity contribution >= 4 is 5.91 Å². The highest BCUT2D eigenvalue weighted by molar-refractivity contribution is 5.78. The van der Waals surface area contributed by atoms with Gasteiger partial charge in [0.2, 0.25) is 5.91 Å². The van der Waals surface area contributed by atoms with Crippen LogP contribution in [0.3, 0.4) is 0 Å². The van der Waals surface area contributed by atoms with Gasteiger partial charge in [-0.1, -0.05) is 48.9 Å². The van der Waals surface area contributed by atoms with Gasteiger partial charge in [0.1, 0.15) is 0 Å². The van der Waals surface area contributed by atoms with E-state index < -0.39 is 0 Å². The first-order chi connectivity index (χ1) is 11.2. The van der Waals surface area contributed by atoms with E-state index in [-0.39, 0.29) is 0 Å². The van der Waals surface area contributed by atoms with Crippen molar-refractivity contribution in [2.45, 2.75) is 39.2 Å². The van der Waals surface area contributed by atoms with Crippen LogP contribution < -0.4 is 0 Å². The largest absolute Gasteiger partial charge is 0.342 e. The lowest BCUT2D eigenvalue weighted by Crippen LogP contribution is -2.38. The van der Waals surface area contributed by atoms with Crippen LogP contribution in [0.1, 0.15) is 38.2 Å². The summed E-state index contributed by atoms with van der Waals surface area (Å²) in [5.41, 5.74) is 2.70. The lowest BCUT2D eigenvalue weighted by atomic mass is 9.98. The van der Waals surface area contributed by atoms with Crippen molar-refractivity contribution < 1.29 is 4.79 Å². The summed E-state index contributed by atoms with van der Waals surface area (Å²) in [4.78, 5) is 16.9. The minimum absolute atomic E-state index is 0.333. The number of hydrogen-bond donors (Lipinski definition) is 0. The molecule has 1 saturated heterocycles. The van der Waals surface area contributed by atoms with Gasteiger partial charge in [0.25, 0.3) is 0 Å². The molecule has 1 aromatic rings. The van der Waals surface area contributed by atoms with Crippen molar-refractivity contribution in [3.8, 4) is 0 Å². The highest BCUT2D eigenvalue weighted by Crippen LogP contribution is 2.21. The Morgan fingerprint density at radius 3 is 2.52 bits per heavy atom. The fourth-order valence-corrected chi connectivity index (χ4v) is 3.46. The van der Waals surface area contributed by atoms with Crippen LogP contribution in [-0.2, 0) is 11.3 Å².